The first kappa shape index (κ1) is 20.5. The number of rotatable bonds is 7. The second-order valence-corrected chi connectivity index (χ2v) is 9.24. The van der Waals surface area contributed by atoms with Gasteiger partial charge in [0.15, 0.2) is 0 Å². The molecule has 1 spiro atoms. The van der Waals surface area contributed by atoms with E-state index in [1.807, 2.05) is 10.9 Å². The fourth-order valence-electron chi connectivity index (χ4n) is 5.25. The lowest BCUT2D eigenvalue weighted by molar-refractivity contribution is -0.127. The number of nitrogens with one attached hydrogen (secondary N) is 1. The van der Waals surface area contributed by atoms with Crippen LogP contribution in [0.2, 0.25) is 0 Å². The number of fused-ring (bicyclic) bond motifs is 2. The first-order valence-corrected chi connectivity index (χ1v) is 11.7. The molecule has 4 rings (SSSR count). The van der Waals surface area contributed by atoms with Crippen molar-refractivity contribution < 1.29 is 9.90 Å². The van der Waals surface area contributed by atoms with Crippen molar-refractivity contribution in [3.63, 3.8) is 0 Å². The summed E-state index contributed by atoms with van der Waals surface area (Å²) in [5.41, 5.74) is 6.22. The molecule has 0 radical (unpaired) electrons. The monoisotopic (exact) mass is 413 g/mol. The summed E-state index contributed by atoms with van der Waals surface area (Å²) in [7, 11) is 0. The van der Waals surface area contributed by atoms with Crippen molar-refractivity contribution in [2.24, 2.45) is 5.92 Å². The van der Waals surface area contributed by atoms with Crippen molar-refractivity contribution in [1.82, 2.24) is 15.2 Å². The van der Waals surface area contributed by atoms with Crippen molar-refractivity contribution in [2.45, 2.75) is 50.5 Å². The molecule has 2 atom stereocenters. The molecule has 29 heavy (non-hydrogen) atoms. The predicted molar refractivity (Wildman–Crippen MR) is 116 cm³/mol. The summed E-state index contributed by atoms with van der Waals surface area (Å²) < 4.78 is 0. The van der Waals surface area contributed by atoms with Crippen LogP contribution in [-0.4, -0.2) is 53.2 Å². The minimum absolute atomic E-state index is 0.0195. The lowest BCUT2D eigenvalue weighted by Crippen LogP contribution is -2.51. The Morgan fingerprint density at radius 1 is 1.31 bits per heavy atom. The third kappa shape index (κ3) is 4.25. The Kier molecular flexibility index (Phi) is 6.32. The molecule has 0 saturated carbocycles. The molecular weight excluding hydrogens is 382 g/mol. The molecule has 1 aromatic heterocycles. The third-order valence-electron chi connectivity index (χ3n) is 7.04. The highest BCUT2D eigenvalue weighted by molar-refractivity contribution is 7.07. The van der Waals surface area contributed by atoms with Crippen LogP contribution in [0, 0.1) is 5.92 Å². The van der Waals surface area contributed by atoms with E-state index in [2.05, 4.69) is 46.4 Å². The number of aliphatic hydroxyl groups excluding tert-OH is 1. The summed E-state index contributed by atoms with van der Waals surface area (Å²) in [5, 5.41) is 14.0. The van der Waals surface area contributed by atoms with E-state index in [9.17, 15) is 4.79 Å². The highest BCUT2D eigenvalue weighted by Gasteiger charge is 2.42. The molecule has 2 unspecified atom stereocenters. The van der Waals surface area contributed by atoms with Crippen LogP contribution in [0.1, 0.15) is 43.0 Å². The first-order valence-electron chi connectivity index (χ1n) is 10.7. The molecule has 1 aromatic carbocycles. The number of carbonyl (C=O) groups excluding carboxylic acids is 1. The van der Waals surface area contributed by atoms with Crippen LogP contribution in [-0.2, 0) is 23.1 Å². The van der Waals surface area contributed by atoms with Gasteiger partial charge in [-0.3, -0.25) is 9.69 Å². The molecular formula is C23H31N3O2S. The van der Waals surface area contributed by atoms with Gasteiger partial charge in [0, 0.05) is 24.4 Å². The van der Waals surface area contributed by atoms with Crippen molar-refractivity contribution in [2.75, 3.05) is 26.2 Å². The fraction of sp³-hybridized carbons (Fsp3) is 0.565. The Morgan fingerprint density at radius 2 is 2.10 bits per heavy atom. The van der Waals surface area contributed by atoms with Crippen LogP contribution < -0.4 is 5.32 Å². The van der Waals surface area contributed by atoms with Crippen LogP contribution in [0.3, 0.4) is 0 Å². The zero-order valence-corrected chi connectivity index (χ0v) is 18.0. The maximum Gasteiger partial charge on any atom is 0.225 e. The Morgan fingerprint density at radius 3 is 2.83 bits per heavy atom. The molecule has 1 saturated heterocycles. The highest BCUT2D eigenvalue weighted by atomic mass is 32.1. The summed E-state index contributed by atoms with van der Waals surface area (Å²) in [6, 6.07) is 9.09. The van der Waals surface area contributed by atoms with Crippen LogP contribution in [0.15, 0.2) is 35.2 Å². The maximum absolute atomic E-state index is 12.9. The smallest absolute Gasteiger partial charge is 0.225 e. The van der Waals surface area contributed by atoms with E-state index in [0.29, 0.717) is 18.4 Å². The number of nitrogens with zero attached hydrogens (tertiary/aromatic N) is 2. The number of aliphatic hydroxyl groups is 1. The number of aryl methyl sites for hydroxylation is 1. The molecule has 1 amide bonds. The van der Waals surface area contributed by atoms with Gasteiger partial charge in [0.05, 0.1) is 23.7 Å². The van der Waals surface area contributed by atoms with Crippen molar-refractivity contribution in [3.8, 4) is 0 Å². The van der Waals surface area contributed by atoms with Gasteiger partial charge in [-0.05, 0) is 62.2 Å². The fourth-order valence-corrected chi connectivity index (χ4v) is 5.82. The first-order chi connectivity index (χ1) is 14.1. The lowest BCUT2D eigenvalue weighted by atomic mass is 9.73. The largest absolute Gasteiger partial charge is 0.395 e. The quantitative estimate of drug-likeness (QED) is 0.733. The lowest BCUT2D eigenvalue weighted by Gasteiger charge is -2.44. The number of piperidine rings is 1. The molecule has 5 nitrogen and oxygen atoms in total. The Labute approximate surface area is 177 Å². The summed E-state index contributed by atoms with van der Waals surface area (Å²) in [6.07, 6.45) is 5.42. The Balaban J connectivity index is 1.45. The molecule has 0 bridgehead atoms. The molecule has 6 heteroatoms. The van der Waals surface area contributed by atoms with Gasteiger partial charge in [0.25, 0.3) is 0 Å². The number of aromatic nitrogens is 1. The topological polar surface area (TPSA) is 65.5 Å². The molecule has 2 aliphatic rings. The van der Waals surface area contributed by atoms with Gasteiger partial charge in [-0.25, -0.2) is 4.98 Å². The molecule has 1 aliphatic carbocycles. The van der Waals surface area contributed by atoms with Crippen LogP contribution in [0.4, 0.5) is 0 Å². The Bertz CT molecular complexity index is 815. The second kappa shape index (κ2) is 8.94. The van der Waals surface area contributed by atoms with E-state index < -0.39 is 0 Å². The SMILES string of the molecule is CC(C(Cc1cscn1)C(=O)NCCO)N1CCC2(CCc3ccccc32)CC1. The average molecular weight is 414 g/mol. The van der Waals surface area contributed by atoms with E-state index in [-0.39, 0.29) is 24.5 Å². The van der Waals surface area contributed by atoms with E-state index in [4.69, 9.17) is 5.11 Å². The van der Waals surface area contributed by atoms with Crippen molar-refractivity contribution in [1.29, 1.82) is 0 Å². The average Bonchev–Trinajstić information content (AvgIpc) is 3.39. The van der Waals surface area contributed by atoms with E-state index in [1.165, 1.54) is 18.4 Å². The molecule has 2 aromatic rings. The minimum atomic E-state index is -0.159. The molecule has 156 valence electrons. The number of thiazole rings is 1. The summed E-state index contributed by atoms with van der Waals surface area (Å²) in [4.78, 5) is 19.7. The predicted octanol–water partition coefficient (Wildman–Crippen LogP) is 2.78. The zero-order chi connectivity index (χ0) is 20.3. The van der Waals surface area contributed by atoms with Crippen LogP contribution >= 0.6 is 11.3 Å². The van der Waals surface area contributed by atoms with Crippen LogP contribution in [0.5, 0.6) is 0 Å². The van der Waals surface area contributed by atoms with Crippen molar-refractivity contribution in [3.05, 3.63) is 52.0 Å². The summed E-state index contributed by atoms with van der Waals surface area (Å²) in [6.45, 7) is 4.50. The van der Waals surface area contributed by atoms with Gasteiger partial charge in [0.1, 0.15) is 0 Å². The van der Waals surface area contributed by atoms with Gasteiger partial charge >= 0.3 is 0 Å². The van der Waals surface area contributed by atoms with E-state index in [0.717, 1.165) is 31.6 Å². The standard InChI is InChI=1S/C23H31N3O2S/c1-17(20(22(28)24-10-13-27)14-19-15-29-16-25-19)26-11-8-23(9-12-26)7-6-18-4-2-3-5-21(18)23/h2-5,15-17,20,27H,6-14H2,1H3,(H,24,28). The van der Waals surface area contributed by atoms with E-state index in [1.54, 1.807) is 16.9 Å². The van der Waals surface area contributed by atoms with Gasteiger partial charge in [-0.15, -0.1) is 11.3 Å². The highest BCUT2D eigenvalue weighted by Crippen LogP contribution is 2.46. The number of hydrogen-bond donors (Lipinski definition) is 2. The third-order valence-corrected chi connectivity index (χ3v) is 7.67. The van der Waals surface area contributed by atoms with Gasteiger partial charge < -0.3 is 10.4 Å². The number of benzene rings is 1. The summed E-state index contributed by atoms with van der Waals surface area (Å²) >= 11 is 1.57. The van der Waals surface area contributed by atoms with Gasteiger partial charge in [-0.2, -0.15) is 0 Å². The van der Waals surface area contributed by atoms with E-state index >= 15 is 0 Å². The number of amides is 1. The van der Waals surface area contributed by atoms with Gasteiger partial charge in [0.2, 0.25) is 5.91 Å². The molecule has 1 aliphatic heterocycles. The molecule has 2 heterocycles. The van der Waals surface area contributed by atoms with Gasteiger partial charge in [-0.1, -0.05) is 24.3 Å². The zero-order valence-electron chi connectivity index (χ0n) is 17.1. The summed E-state index contributed by atoms with van der Waals surface area (Å²) in [5.74, 6) is -0.139. The Hall–Kier alpha value is -1.76. The second-order valence-electron chi connectivity index (χ2n) is 8.52. The van der Waals surface area contributed by atoms with Crippen LogP contribution in [0.25, 0.3) is 0 Å². The number of carbonyl (C=O) groups is 1. The molecule has 2 N–H and O–H groups in total. The molecule has 1 fully saturated rings. The maximum atomic E-state index is 12.9. The normalized spacial score (nSPS) is 20.3. The number of likely N-dealkylation sites (tertiary alicyclic amines) is 1. The van der Waals surface area contributed by atoms with Crippen molar-refractivity contribution >= 4 is 17.2 Å². The minimum Gasteiger partial charge on any atom is -0.395 e. The number of hydrogen-bond acceptors (Lipinski definition) is 5.